The Labute approximate surface area is 108 Å². The quantitative estimate of drug-likeness (QED) is 0.843. The number of hydrogen-bond donors (Lipinski definition) is 2. The summed E-state index contributed by atoms with van der Waals surface area (Å²) in [5.74, 6) is 0.0996. The van der Waals surface area contributed by atoms with Gasteiger partial charge in [0.2, 0.25) is 5.91 Å². The zero-order valence-electron chi connectivity index (χ0n) is 8.96. The van der Waals surface area contributed by atoms with Crippen LogP contribution in [0.25, 0.3) is 0 Å². The molecule has 1 heterocycles. The van der Waals surface area contributed by atoms with Crippen LogP contribution >= 0.6 is 27.3 Å². The first-order valence-electron chi connectivity index (χ1n) is 5.47. The molecule has 1 aliphatic rings. The molecule has 2 rings (SSSR count). The van der Waals surface area contributed by atoms with Crippen molar-refractivity contribution in [3.05, 3.63) is 20.8 Å². The number of thiophene rings is 1. The molecule has 1 aromatic heterocycles. The highest BCUT2D eigenvalue weighted by molar-refractivity contribution is 9.10. The highest BCUT2D eigenvalue weighted by Gasteiger charge is 2.20. The summed E-state index contributed by atoms with van der Waals surface area (Å²) in [6, 6.07) is 2.69. The maximum atomic E-state index is 11.4. The Morgan fingerprint density at radius 3 is 3.00 bits per heavy atom. The van der Waals surface area contributed by atoms with E-state index in [4.69, 9.17) is 0 Å². The molecule has 88 valence electrons. The van der Waals surface area contributed by atoms with Crippen LogP contribution in [-0.4, -0.2) is 25.0 Å². The lowest BCUT2D eigenvalue weighted by molar-refractivity contribution is -0.120. The van der Waals surface area contributed by atoms with Gasteiger partial charge in [-0.05, 0) is 41.3 Å². The molecular weight excluding hydrogens is 288 g/mol. The molecular formula is C11H15BrN2OS. The SMILES string of the molecule is O=C(CNC1CC1)NCCc1cc(Br)cs1. The normalized spacial score (nSPS) is 15.1. The standard InChI is InChI=1S/C11H15BrN2OS/c12-8-5-10(16-7-8)3-4-13-11(15)6-14-9-1-2-9/h5,7,9,14H,1-4,6H2,(H,13,15). The van der Waals surface area contributed by atoms with Crippen molar-refractivity contribution in [1.29, 1.82) is 0 Å². The number of nitrogens with one attached hydrogen (secondary N) is 2. The molecule has 5 heteroatoms. The Bertz CT molecular complexity index is 363. The summed E-state index contributed by atoms with van der Waals surface area (Å²) in [6.45, 7) is 1.18. The third-order valence-electron chi connectivity index (χ3n) is 2.44. The fourth-order valence-corrected chi connectivity index (χ4v) is 2.85. The number of rotatable bonds is 6. The van der Waals surface area contributed by atoms with Gasteiger partial charge in [-0.3, -0.25) is 4.79 Å². The van der Waals surface area contributed by atoms with Gasteiger partial charge in [-0.2, -0.15) is 0 Å². The van der Waals surface area contributed by atoms with E-state index in [0.29, 0.717) is 12.6 Å². The molecule has 1 aromatic rings. The number of halogens is 1. The second-order valence-electron chi connectivity index (χ2n) is 3.99. The third kappa shape index (κ3) is 4.23. The average Bonchev–Trinajstić information content (AvgIpc) is 2.99. The molecule has 16 heavy (non-hydrogen) atoms. The number of carbonyl (C=O) groups is 1. The maximum absolute atomic E-state index is 11.4. The molecule has 1 fully saturated rings. The van der Waals surface area contributed by atoms with Gasteiger partial charge in [0.05, 0.1) is 6.54 Å². The molecule has 0 atom stereocenters. The predicted octanol–water partition coefficient (Wildman–Crippen LogP) is 1.92. The van der Waals surface area contributed by atoms with Crippen LogP contribution in [0.15, 0.2) is 15.9 Å². The summed E-state index contributed by atoms with van der Waals surface area (Å²) >= 11 is 5.13. The fourth-order valence-electron chi connectivity index (χ4n) is 1.40. The van der Waals surface area contributed by atoms with E-state index in [1.165, 1.54) is 17.7 Å². The molecule has 0 aromatic carbocycles. The first kappa shape index (κ1) is 12.1. The number of hydrogen-bond acceptors (Lipinski definition) is 3. The summed E-state index contributed by atoms with van der Waals surface area (Å²) in [6.07, 6.45) is 3.35. The Kier molecular flexibility index (Phi) is 4.37. The van der Waals surface area contributed by atoms with Gasteiger partial charge in [0.15, 0.2) is 0 Å². The third-order valence-corrected chi connectivity index (χ3v) is 4.20. The van der Waals surface area contributed by atoms with Crippen molar-refractivity contribution < 1.29 is 4.79 Å². The van der Waals surface area contributed by atoms with Crippen LogP contribution in [0.3, 0.4) is 0 Å². The van der Waals surface area contributed by atoms with Crippen LogP contribution in [0.2, 0.25) is 0 Å². The molecule has 2 N–H and O–H groups in total. The Morgan fingerprint density at radius 2 is 2.38 bits per heavy atom. The number of amides is 1. The average molecular weight is 303 g/mol. The lowest BCUT2D eigenvalue weighted by Gasteiger charge is -2.04. The van der Waals surface area contributed by atoms with Crippen LogP contribution < -0.4 is 10.6 Å². The Balaban J connectivity index is 1.57. The van der Waals surface area contributed by atoms with E-state index in [1.54, 1.807) is 11.3 Å². The monoisotopic (exact) mass is 302 g/mol. The lowest BCUT2D eigenvalue weighted by Crippen LogP contribution is -2.35. The Hall–Kier alpha value is -0.390. The van der Waals surface area contributed by atoms with Crippen molar-refractivity contribution in [3.63, 3.8) is 0 Å². The molecule has 0 saturated heterocycles. The first-order chi connectivity index (χ1) is 7.74. The molecule has 3 nitrogen and oxygen atoms in total. The van der Waals surface area contributed by atoms with Gasteiger partial charge in [-0.1, -0.05) is 0 Å². The topological polar surface area (TPSA) is 41.1 Å². The van der Waals surface area contributed by atoms with Gasteiger partial charge in [0, 0.05) is 27.3 Å². The maximum Gasteiger partial charge on any atom is 0.233 e. The van der Waals surface area contributed by atoms with Gasteiger partial charge in [-0.25, -0.2) is 0 Å². The second kappa shape index (κ2) is 5.80. The van der Waals surface area contributed by atoms with E-state index in [0.717, 1.165) is 17.4 Å². The molecule has 0 radical (unpaired) electrons. The fraction of sp³-hybridized carbons (Fsp3) is 0.545. The van der Waals surface area contributed by atoms with Crippen LogP contribution in [-0.2, 0) is 11.2 Å². The van der Waals surface area contributed by atoms with Crippen molar-refractivity contribution in [1.82, 2.24) is 10.6 Å². The summed E-state index contributed by atoms with van der Waals surface area (Å²) in [7, 11) is 0. The molecule has 1 aliphatic carbocycles. The molecule has 0 bridgehead atoms. The summed E-state index contributed by atoms with van der Waals surface area (Å²) < 4.78 is 1.12. The minimum Gasteiger partial charge on any atom is -0.355 e. The zero-order valence-corrected chi connectivity index (χ0v) is 11.4. The van der Waals surface area contributed by atoms with E-state index in [9.17, 15) is 4.79 Å². The van der Waals surface area contributed by atoms with Crippen molar-refractivity contribution in [2.24, 2.45) is 0 Å². The molecule has 0 spiro atoms. The zero-order chi connectivity index (χ0) is 11.4. The van der Waals surface area contributed by atoms with E-state index in [1.807, 2.05) is 0 Å². The minimum atomic E-state index is 0.0996. The van der Waals surface area contributed by atoms with E-state index < -0.39 is 0 Å². The van der Waals surface area contributed by atoms with Gasteiger partial charge < -0.3 is 10.6 Å². The van der Waals surface area contributed by atoms with Gasteiger partial charge in [0.1, 0.15) is 0 Å². The van der Waals surface area contributed by atoms with Crippen LogP contribution in [0.1, 0.15) is 17.7 Å². The van der Waals surface area contributed by atoms with Crippen LogP contribution in [0, 0.1) is 0 Å². The lowest BCUT2D eigenvalue weighted by atomic mass is 10.3. The first-order valence-corrected chi connectivity index (χ1v) is 7.14. The summed E-state index contributed by atoms with van der Waals surface area (Å²) in [5, 5.41) is 8.17. The Morgan fingerprint density at radius 1 is 1.56 bits per heavy atom. The summed E-state index contributed by atoms with van der Waals surface area (Å²) in [4.78, 5) is 12.7. The highest BCUT2D eigenvalue weighted by Crippen LogP contribution is 2.19. The summed E-state index contributed by atoms with van der Waals surface area (Å²) in [5.41, 5.74) is 0. The van der Waals surface area contributed by atoms with Crippen molar-refractivity contribution in [3.8, 4) is 0 Å². The molecule has 0 unspecified atom stereocenters. The van der Waals surface area contributed by atoms with Crippen LogP contribution in [0.5, 0.6) is 0 Å². The largest absolute Gasteiger partial charge is 0.355 e. The predicted molar refractivity (Wildman–Crippen MR) is 69.8 cm³/mol. The van der Waals surface area contributed by atoms with Crippen molar-refractivity contribution in [2.45, 2.75) is 25.3 Å². The molecule has 1 saturated carbocycles. The minimum absolute atomic E-state index is 0.0996. The van der Waals surface area contributed by atoms with Crippen molar-refractivity contribution >= 4 is 33.2 Å². The van der Waals surface area contributed by atoms with E-state index in [-0.39, 0.29) is 5.91 Å². The van der Waals surface area contributed by atoms with Gasteiger partial charge in [0.25, 0.3) is 0 Å². The van der Waals surface area contributed by atoms with Gasteiger partial charge in [-0.15, -0.1) is 11.3 Å². The smallest absolute Gasteiger partial charge is 0.233 e. The number of carbonyl (C=O) groups excluding carboxylic acids is 1. The second-order valence-corrected chi connectivity index (χ2v) is 5.90. The van der Waals surface area contributed by atoms with E-state index in [2.05, 4.69) is 38.0 Å². The van der Waals surface area contributed by atoms with Gasteiger partial charge >= 0.3 is 0 Å². The molecule has 0 aliphatic heterocycles. The van der Waals surface area contributed by atoms with Crippen LogP contribution in [0.4, 0.5) is 0 Å². The van der Waals surface area contributed by atoms with Crippen molar-refractivity contribution in [2.75, 3.05) is 13.1 Å². The highest BCUT2D eigenvalue weighted by atomic mass is 79.9. The van der Waals surface area contributed by atoms with E-state index >= 15 is 0 Å². The molecule has 1 amide bonds.